The summed E-state index contributed by atoms with van der Waals surface area (Å²) in [5, 5.41) is 9.27. The van der Waals surface area contributed by atoms with E-state index < -0.39 is 18.2 Å². The lowest BCUT2D eigenvalue weighted by Gasteiger charge is -2.34. The molecule has 2 heterocycles. The SMILES string of the molecule is O=C(O)/C=C/C1Cc2c(-c3ccc(C(=O)N4CC(F)C4)cc3)ccc(Cl)c2O1. The molecular weight excluding hydrogens is 385 g/mol. The first-order valence-corrected chi connectivity index (χ1v) is 9.23. The van der Waals surface area contributed by atoms with Crippen molar-refractivity contribution >= 4 is 23.5 Å². The molecule has 0 bridgehead atoms. The molecule has 4 rings (SSSR count). The fourth-order valence-electron chi connectivity index (χ4n) is 3.46. The van der Waals surface area contributed by atoms with Gasteiger partial charge in [-0.1, -0.05) is 29.8 Å². The minimum absolute atomic E-state index is 0.147. The van der Waals surface area contributed by atoms with Crippen molar-refractivity contribution in [2.24, 2.45) is 0 Å². The molecule has 0 aliphatic carbocycles. The van der Waals surface area contributed by atoms with Gasteiger partial charge in [0.2, 0.25) is 0 Å². The van der Waals surface area contributed by atoms with Gasteiger partial charge in [0.25, 0.3) is 5.91 Å². The maximum Gasteiger partial charge on any atom is 0.328 e. The maximum absolute atomic E-state index is 13.0. The van der Waals surface area contributed by atoms with Crippen LogP contribution in [0.4, 0.5) is 4.39 Å². The molecule has 2 aromatic rings. The summed E-state index contributed by atoms with van der Waals surface area (Å²) in [5.41, 5.74) is 3.22. The highest BCUT2D eigenvalue weighted by molar-refractivity contribution is 6.32. The molecule has 2 aliphatic heterocycles. The zero-order valence-electron chi connectivity index (χ0n) is 14.8. The first-order valence-electron chi connectivity index (χ1n) is 8.85. The number of likely N-dealkylation sites (tertiary alicyclic amines) is 1. The first kappa shape index (κ1) is 18.5. The zero-order chi connectivity index (χ0) is 19.8. The van der Waals surface area contributed by atoms with E-state index >= 15 is 0 Å². The van der Waals surface area contributed by atoms with Gasteiger partial charge in [-0.05, 0) is 35.4 Å². The van der Waals surface area contributed by atoms with Crippen LogP contribution < -0.4 is 4.74 Å². The Balaban J connectivity index is 1.58. The number of halogens is 2. The normalized spacial score (nSPS) is 18.6. The number of carbonyl (C=O) groups excluding carboxylic acids is 1. The number of benzene rings is 2. The predicted octanol–water partition coefficient (Wildman–Crippen LogP) is 3.75. The third kappa shape index (κ3) is 3.47. The Bertz CT molecular complexity index is 967. The molecule has 0 saturated carbocycles. The quantitative estimate of drug-likeness (QED) is 0.792. The molecule has 1 fully saturated rings. The van der Waals surface area contributed by atoms with Crippen molar-refractivity contribution < 1.29 is 23.8 Å². The molecule has 1 atom stereocenters. The van der Waals surface area contributed by atoms with E-state index in [1.807, 2.05) is 18.2 Å². The number of amides is 1. The molecular formula is C21H17ClFNO4. The van der Waals surface area contributed by atoms with Crippen molar-refractivity contribution in [2.45, 2.75) is 18.7 Å². The summed E-state index contributed by atoms with van der Waals surface area (Å²) in [7, 11) is 0. The summed E-state index contributed by atoms with van der Waals surface area (Å²) >= 11 is 6.25. The van der Waals surface area contributed by atoms with E-state index in [2.05, 4.69) is 0 Å². The van der Waals surface area contributed by atoms with Crippen molar-refractivity contribution in [1.29, 1.82) is 0 Å². The monoisotopic (exact) mass is 401 g/mol. The number of rotatable bonds is 4. The van der Waals surface area contributed by atoms with Crippen molar-refractivity contribution in [3.05, 3.63) is 64.7 Å². The van der Waals surface area contributed by atoms with E-state index in [1.165, 1.54) is 11.0 Å². The average Bonchev–Trinajstić information content (AvgIpc) is 3.09. The number of ether oxygens (including phenoxy) is 1. The average molecular weight is 402 g/mol. The second-order valence-electron chi connectivity index (χ2n) is 6.85. The number of hydrogen-bond donors (Lipinski definition) is 1. The van der Waals surface area contributed by atoms with Crippen LogP contribution in [-0.2, 0) is 11.2 Å². The van der Waals surface area contributed by atoms with Crippen LogP contribution >= 0.6 is 11.6 Å². The highest BCUT2D eigenvalue weighted by Crippen LogP contribution is 2.42. The third-order valence-electron chi connectivity index (χ3n) is 4.91. The third-order valence-corrected chi connectivity index (χ3v) is 5.21. The number of alkyl halides is 1. The van der Waals surface area contributed by atoms with E-state index in [9.17, 15) is 14.0 Å². The van der Waals surface area contributed by atoms with Crippen LogP contribution in [0.1, 0.15) is 15.9 Å². The van der Waals surface area contributed by atoms with Crippen LogP contribution in [0.3, 0.4) is 0 Å². The Morgan fingerprint density at radius 1 is 1.18 bits per heavy atom. The molecule has 5 nitrogen and oxygen atoms in total. The van der Waals surface area contributed by atoms with Gasteiger partial charge in [0.1, 0.15) is 18.0 Å². The Morgan fingerprint density at radius 3 is 2.54 bits per heavy atom. The molecule has 1 N–H and O–H groups in total. The van der Waals surface area contributed by atoms with Gasteiger partial charge >= 0.3 is 5.97 Å². The molecule has 0 aromatic heterocycles. The molecule has 0 spiro atoms. The van der Waals surface area contributed by atoms with Gasteiger partial charge < -0.3 is 14.7 Å². The summed E-state index contributed by atoms with van der Waals surface area (Å²) in [6.45, 7) is 0.293. The van der Waals surface area contributed by atoms with Crippen LogP contribution in [-0.4, -0.2) is 47.2 Å². The number of hydrogen-bond acceptors (Lipinski definition) is 3. The van der Waals surface area contributed by atoms with Crippen molar-refractivity contribution in [3.8, 4) is 16.9 Å². The standard InChI is InChI=1S/C21H17ClFNO4/c22-18-7-6-16(17-9-15(28-20(17)18)5-8-19(25)26)12-1-3-13(4-2-12)21(27)24-10-14(23)11-24/h1-8,14-15H,9-11H2,(H,25,26)/b8-5+. The van der Waals surface area contributed by atoms with E-state index in [4.69, 9.17) is 21.4 Å². The summed E-state index contributed by atoms with van der Waals surface area (Å²) in [5.74, 6) is -0.662. The second-order valence-corrected chi connectivity index (χ2v) is 7.25. The van der Waals surface area contributed by atoms with Crippen LogP contribution in [0.25, 0.3) is 11.1 Å². The van der Waals surface area contributed by atoms with Crippen LogP contribution in [0, 0.1) is 0 Å². The maximum atomic E-state index is 13.0. The number of aliphatic carboxylic acids is 1. The second kappa shape index (κ2) is 7.28. The Hall–Kier alpha value is -2.86. The van der Waals surface area contributed by atoms with Crippen molar-refractivity contribution in [2.75, 3.05) is 13.1 Å². The molecule has 28 heavy (non-hydrogen) atoms. The fourth-order valence-corrected chi connectivity index (χ4v) is 3.68. The van der Waals surface area contributed by atoms with Crippen LogP contribution in [0.15, 0.2) is 48.6 Å². The first-order chi connectivity index (χ1) is 13.4. The topological polar surface area (TPSA) is 66.8 Å². The van der Waals surface area contributed by atoms with Gasteiger partial charge in [-0.25, -0.2) is 9.18 Å². The highest BCUT2D eigenvalue weighted by Gasteiger charge is 2.31. The van der Waals surface area contributed by atoms with Crippen molar-refractivity contribution in [3.63, 3.8) is 0 Å². The molecule has 1 saturated heterocycles. The zero-order valence-corrected chi connectivity index (χ0v) is 15.5. The number of carboxylic acid groups (broad SMARTS) is 1. The molecule has 2 aromatic carbocycles. The van der Waals surface area contributed by atoms with Gasteiger partial charge in [0.05, 0.1) is 18.1 Å². The Morgan fingerprint density at radius 2 is 1.89 bits per heavy atom. The van der Waals surface area contributed by atoms with Crippen LogP contribution in [0.2, 0.25) is 5.02 Å². The summed E-state index contributed by atoms with van der Waals surface area (Å²) in [6, 6.07) is 10.7. The molecule has 1 unspecified atom stereocenters. The van der Waals surface area contributed by atoms with E-state index in [1.54, 1.807) is 18.2 Å². The minimum atomic E-state index is -1.03. The predicted molar refractivity (Wildman–Crippen MR) is 103 cm³/mol. The summed E-state index contributed by atoms with van der Waals surface area (Å²) < 4.78 is 18.8. The minimum Gasteiger partial charge on any atom is -0.484 e. The summed E-state index contributed by atoms with van der Waals surface area (Å²) in [6.07, 6.45) is 1.73. The van der Waals surface area contributed by atoms with Gasteiger partial charge in [-0.3, -0.25) is 4.79 Å². The van der Waals surface area contributed by atoms with E-state index in [0.29, 0.717) is 22.8 Å². The number of fused-ring (bicyclic) bond motifs is 1. The Kier molecular flexibility index (Phi) is 4.81. The number of carboxylic acids is 1. The summed E-state index contributed by atoms with van der Waals surface area (Å²) in [4.78, 5) is 24.5. The highest BCUT2D eigenvalue weighted by atomic mass is 35.5. The number of nitrogens with zero attached hydrogens (tertiary/aromatic N) is 1. The lowest BCUT2D eigenvalue weighted by molar-refractivity contribution is -0.131. The van der Waals surface area contributed by atoms with E-state index in [0.717, 1.165) is 22.8 Å². The van der Waals surface area contributed by atoms with E-state index in [-0.39, 0.29) is 19.0 Å². The van der Waals surface area contributed by atoms with Gasteiger partial charge in [0, 0.05) is 23.6 Å². The van der Waals surface area contributed by atoms with Gasteiger partial charge in [0.15, 0.2) is 0 Å². The molecule has 144 valence electrons. The molecule has 7 heteroatoms. The van der Waals surface area contributed by atoms with Crippen LogP contribution in [0.5, 0.6) is 5.75 Å². The lowest BCUT2D eigenvalue weighted by atomic mass is 9.95. The molecule has 1 amide bonds. The molecule has 0 radical (unpaired) electrons. The van der Waals surface area contributed by atoms with Crippen molar-refractivity contribution in [1.82, 2.24) is 4.90 Å². The van der Waals surface area contributed by atoms with Gasteiger partial charge in [-0.2, -0.15) is 0 Å². The molecule has 2 aliphatic rings. The number of carbonyl (C=O) groups is 2. The lowest BCUT2D eigenvalue weighted by Crippen LogP contribution is -2.51. The fraction of sp³-hybridized carbons (Fsp3) is 0.238. The Labute approximate surface area is 166 Å². The largest absolute Gasteiger partial charge is 0.484 e. The van der Waals surface area contributed by atoms with Gasteiger partial charge in [-0.15, -0.1) is 0 Å². The smallest absolute Gasteiger partial charge is 0.328 e.